The summed E-state index contributed by atoms with van der Waals surface area (Å²) in [6, 6.07) is 6.06. The topological polar surface area (TPSA) is 114 Å². The minimum atomic E-state index is -4.60. The van der Waals surface area contributed by atoms with E-state index in [4.69, 9.17) is 4.74 Å². The van der Waals surface area contributed by atoms with E-state index < -0.39 is 41.2 Å². The highest BCUT2D eigenvalue weighted by molar-refractivity contribution is 7.17. The van der Waals surface area contributed by atoms with Gasteiger partial charge in [-0.25, -0.2) is 15.0 Å². The van der Waals surface area contributed by atoms with Gasteiger partial charge in [-0.15, -0.1) is 11.3 Å². The van der Waals surface area contributed by atoms with E-state index >= 15 is 0 Å². The minimum Gasteiger partial charge on any atom is -0.469 e. The number of carbonyl (C=O) groups excluding carboxylic acids is 2. The van der Waals surface area contributed by atoms with E-state index in [1.165, 1.54) is 13.3 Å². The molecule has 8 nitrogen and oxygen atoms in total. The molecule has 0 unspecified atom stereocenters. The number of methoxy groups -OCH3 is 1. The SMILES string of the molecule is COC(=O)[C@@H]1C[C@@H](C(=O)c2ncc(-c3cc(C)cc(Nc4nccc(C(F)(F)F)n4)c3)s2)[C@H](O)C1(C)C. The van der Waals surface area contributed by atoms with Crippen molar-refractivity contribution in [2.75, 3.05) is 12.4 Å². The van der Waals surface area contributed by atoms with E-state index in [9.17, 15) is 27.9 Å². The molecule has 196 valence electrons. The summed E-state index contributed by atoms with van der Waals surface area (Å²) in [5.74, 6) is -2.45. The van der Waals surface area contributed by atoms with Crippen molar-refractivity contribution in [3.05, 3.63) is 52.9 Å². The summed E-state index contributed by atoms with van der Waals surface area (Å²) < 4.78 is 43.8. The van der Waals surface area contributed by atoms with Crippen molar-refractivity contribution in [1.82, 2.24) is 15.0 Å². The van der Waals surface area contributed by atoms with Gasteiger partial charge in [-0.3, -0.25) is 9.59 Å². The Hall–Kier alpha value is -3.38. The number of esters is 1. The summed E-state index contributed by atoms with van der Waals surface area (Å²) >= 11 is 1.13. The van der Waals surface area contributed by atoms with Crippen LogP contribution in [-0.2, 0) is 15.7 Å². The standard InChI is InChI=1S/C25H25F3N4O4S/c1-12-7-13(9-14(8-12)31-23-29-6-5-18(32-23)25(26,27)28)17-11-30-21(37-17)19(33)15-10-16(22(35)36-4)24(2,3)20(15)34/h5-9,11,15-16,20,34H,10H2,1-4H3,(H,29,31,32)/t15-,16-,20-/m0/s1. The molecule has 1 fully saturated rings. The molecule has 2 aromatic heterocycles. The van der Waals surface area contributed by atoms with Gasteiger partial charge in [0.2, 0.25) is 5.95 Å². The van der Waals surface area contributed by atoms with Crippen molar-refractivity contribution in [3.8, 4) is 10.4 Å². The number of alkyl halides is 3. The number of carbonyl (C=O) groups is 2. The predicted molar refractivity (Wildman–Crippen MR) is 130 cm³/mol. The quantitative estimate of drug-likeness (QED) is 0.334. The molecular formula is C25H25F3N4O4S. The van der Waals surface area contributed by atoms with Gasteiger partial charge in [-0.1, -0.05) is 19.9 Å². The first-order valence-corrected chi connectivity index (χ1v) is 12.2. The molecule has 12 heteroatoms. The van der Waals surface area contributed by atoms with Crippen molar-refractivity contribution >= 4 is 34.7 Å². The molecule has 0 spiro atoms. The number of nitrogens with zero attached hydrogens (tertiary/aromatic N) is 3. The van der Waals surface area contributed by atoms with Crippen molar-refractivity contribution in [1.29, 1.82) is 0 Å². The largest absolute Gasteiger partial charge is 0.469 e. The Kier molecular flexibility index (Phi) is 7.08. The zero-order valence-corrected chi connectivity index (χ0v) is 21.3. The van der Waals surface area contributed by atoms with Crippen molar-refractivity contribution in [2.45, 2.75) is 39.5 Å². The molecule has 0 saturated heterocycles. The van der Waals surface area contributed by atoms with E-state index in [-0.39, 0.29) is 23.2 Å². The molecule has 0 amide bonds. The van der Waals surface area contributed by atoms with Gasteiger partial charge in [0, 0.05) is 23.5 Å². The monoisotopic (exact) mass is 534 g/mol. The molecule has 1 saturated carbocycles. The molecular weight excluding hydrogens is 509 g/mol. The number of aliphatic hydroxyl groups is 1. The van der Waals surface area contributed by atoms with Gasteiger partial charge in [-0.2, -0.15) is 13.2 Å². The van der Waals surface area contributed by atoms with Gasteiger partial charge < -0.3 is 15.2 Å². The Balaban J connectivity index is 1.57. The van der Waals surface area contributed by atoms with E-state index in [1.807, 2.05) is 13.0 Å². The number of thiazole rings is 1. The minimum absolute atomic E-state index is 0.157. The van der Waals surface area contributed by atoms with Crippen LogP contribution in [0.15, 0.2) is 36.7 Å². The Morgan fingerprint density at radius 2 is 1.95 bits per heavy atom. The van der Waals surface area contributed by atoms with Crippen molar-refractivity contribution in [2.24, 2.45) is 17.3 Å². The molecule has 0 aliphatic heterocycles. The number of halogens is 3. The fourth-order valence-corrected chi connectivity index (χ4v) is 5.49. The second kappa shape index (κ2) is 9.82. The second-order valence-electron chi connectivity index (χ2n) is 9.55. The Morgan fingerprint density at radius 1 is 1.22 bits per heavy atom. The average molecular weight is 535 g/mol. The van der Waals surface area contributed by atoms with Gasteiger partial charge >= 0.3 is 12.1 Å². The van der Waals surface area contributed by atoms with E-state index in [1.54, 1.807) is 26.0 Å². The number of ketones is 1. The van der Waals surface area contributed by atoms with Crippen LogP contribution in [0.1, 0.15) is 41.3 Å². The van der Waals surface area contributed by atoms with Gasteiger partial charge in [0.1, 0.15) is 5.69 Å². The predicted octanol–water partition coefficient (Wildman–Crippen LogP) is 5.05. The summed E-state index contributed by atoms with van der Waals surface area (Å²) in [6.45, 7) is 5.28. The highest BCUT2D eigenvalue weighted by Crippen LogP contribution is 2.48. The molecule has 0 bridgehead atoms. The first-order chi connectivity index (χ1) is 17.3. The molecule has 4 rings (SSSR count). The molecule has 0 radical (unpaired) electrons. The zero-order chi connectivity index (χ0) is 27.1. The number of aryl methyl sites for hydroxylation is 1. The Bertz CT molecular complexity index is 1340. The number of rotatable bonds is 6. The lowest BCUT2D eigenvalue weighted by molar-refractivity contribution is -0.150. The van der Waals surface area contributed by atoms with E-state index in [2.05, 4.69) is 20.3 Å². The maximum Gasteiger partial charge on any atom is 0.433 e. The van der Waals surface area contributed by atoms with Gasteiger partial charge in [-0.05, 0) is 42.7 Å². The first kappa shape index (κ1) is 26.7. The third-order valence-electron chi connectivity index (χ3n) is 6.63. The number of nitrogens with one attached hydrogen (secondary N) is 1. The fourth-order valence-electron chi connectivity index (χ4n) is 4.59. The van der Waals surface area contributed by atoms with Crippen LogP contribution in [0.5, 0.6) is 0 Å². The molecule has 37 heavy (non-hydrogen) atoms. The van der Waals surface area contributed by atoms with Crippen LogP contribution in [0.4, 0.5) is 24.8 Å². The normalized spacial score (nSPS) is 21.0. The van der Waals surface area contributed by atoms with Gasteiger partial charge in [0.05, 0.1) is 29.9 Å². The van der Waals surface area contributed by atoms with Crippen molar-refractivity contribution in [3.63, 3.8) is 0 Å². The van der Waals surface area contributed by atoms with Gasteiger partial charge in [0.15, 0.2) is 10.8 Å². The van der Waals surface area contributed by atoms with E-state index in [0.717, 1.165) is 29.2 Å². The number of ether oxygens (including phenoxy) is 1. The zero-order valence-electron chi connectivity index (χ0n) is 20.5. The maximum absolute atomic E-state index is 13.2. The van der Waals surface area contributed by atoms with Crippen LogP contribution < -0.4 is 5.32 Å². The summed E-state index contributed by atoms with van der Waals surface area (Å²) in [6.07, 6.45) is -2.93. The fraction of sp³-hybridized carbons (Fsp3) is 0.400. The molecule has 1 aromatic carbocycles. The summed E-state index contributed by atoms with van der Waals surface area (Å²) in [7, 11) is 1.27. The van der Waals surface area contributed by atoms with Crippen LogP contribution in [0.25, 0.3) is 10.4 Å². The Morgan fingerprint density at radius 3 is 2.62 bits per heavy atom. The third-order valence-corrected chi connectivity index (χ3v) is 7.70. The smallest absolute Gasteiger partial charge is 0.433 e. The van der Waals surface area contributed by atoms with Crippen LogP contribution in [0.2, 0.25) is 0 Å². The summed E-state index contributed by atoms with van der Waals surface area (Å²) in [5, 5.41) is 13.8. The number of anilines is 2. The molecule has 2 N–H and O–H groups in total. The second-order valence-corrected chi connectivity index (χ2v) is 10.6. The lowest BCUT2D eigenvalue weighted by Gasteiger charge is -2.28. The Labute approximate surface area is 214 Å². The highest BCUT2D eigenvalue weighted by atomic mass is 32.1. The highest BCUT2D eigenvalue weighted by Gasteiger charge is 2.54. The molecule has 1 aliphatic rings. The number of Topliss-reactive ketones (excluding diaryl/α,β-unsaturated/α-hetero) is 1. The molecule has 1 aliphatic carbocycles. The van der Waals surface area contributed by atoms with Crippen LogP contribution in [-0.4, -0.2) is 45.0 Å². The van der Waals surface area contributed by atoms with Crippen LogP contribution in [0.3, 0.4) is 0 Å². The average Bonchev–Trinajstić information content (AvgIpc) is 3.41. The number of benzene rings is 1. The maximum atomic E-state index is 13.2. The third kappa shape index (κ3) is 5.35. The number of aliphatic hydroxyl groups excluding tert-OH is 1. The lowest BCUT2D eigenvalue weighted by Crippen LogP contribution is -2.36. The molecule has 3 atom stereocenters. The summed E-state index contributed by atoms with van der Waals surface area (Å²) in [5.41, 5.74) is 0.0587. The number of hydrogen-bond donors (Lipinski definition) is 2. The first-order valence-electron chi connectivity index (χ1n) is 11.4. The number of aromatic nitrogens is 3. The lowest BCUT2D eigenvalue weighted by atomic mass is 9.80. The molecule has 2 heterocycles. The summed E-state index contributed by atoms with van der Waals surface area (Å²) in [4.78, 5) is 37.8. The van der Waals surface area contributed by atoms with Crippen molar-refractivity contribution < 1.29 is 32.6 Å². The van der Waals surface area contributed by atoms with E-state index in [0.29, 0.717) is 16.1 Å². The van der Waals surface area contributed by atoms with Crippen LogP contribution >= 0.6 is 11.3 Å². The number of hydrogen-bond acceptors (Lipinski definition) is 9. The molecule has 3 aromatic rings. The van der Waals surface area contributed by atoms with Crippen LogP contribution in [0, 0.1) is 24.2 Å². The van der Waals surface area contributed by atoms with Gasteiger partial charge in [0.25, 0.3) is 0 Å².